The highest BCUT2D eigenvalue weighted by molar-refractivity contribution is 5.85. The summed E-state index contributed by atoms with van der Waals surface area (Å²) in [7, 11) is 0. The van der Waals surface area contributed by atoms with Gasteiger partial charge in [0.1, 0.15) is 6.04 Å². The van der Waals surface area contributed by atoms with Crippen LogP contribution in [0.5, 0.6) is 0 Å². The fraction of sp³-hybridized carbons (Fsp3) is 0.389. The molecule has 0 aliphatic rings. The van der Waals surface area contributed by atoms with E-state index in [9.17, 15) is 9.59 Å². The van der Waals surface area contributed by atoms with Gasteiger partial charge in [-0.2, -0.15) is 0 Å². The van der Waals surface area contributed by atoms with E-state index >= 15 is 0 Å². The lowest BCUT2D eigenvalue weighted by Gasteiger charge is -2.14. The van der Waals surface area contributed by atoms with Crippen molar-refractivity contribution in [3.63, 3.8) is 0 Å². The number of aromatic nitrogens is 1. The largest absolute Gasteiger partial charge is 0.480 e. The van der Waals surface area contributed by atoms with Gasteiger partial charge in [-0.1, -0.05) is 38.0 Å². The molecule has 0 saturated carbocycles. The van der Waals surface area contributed by atoms with Gasteiger partial charge in [0.15, 0.2) is 0 Å². The van der Waals surface area contributed by atoms with Crippen molar-refractivity contribution >= 4 is 22.8 Å². The number of aryl methyl sites for hydroxylation is 1. The van der Waals surface area contributed by atoms with Crippen molar-refractivity contribution in [2.24, 2.45) is 0 Å². The number of pyridine rings is 1. The molecule has 0 spiro atoms. The van der Waals surface area contributed by atoms with Gasteiger partial charge in [-0.3, -0.25) is 9.78 Å². The Morgan fingerprint density at radius 2 is 2.04 bits per heavy atom. The number of hydrogen-bond acceptors (Lipinski definition) is 3. The van der Waals surface area contributed by atoms with Crippen LogP contribution >= 0.6 is 0 Å². The van der Waals surface area contributed by atoms with Crippen molar-refractivity contribution < 1.29 is 14.7 Å². The molecule has 5 heteroatoms. The first-order valence-corrected chi connectivity index (χ1v) is 7.96. The Balaban J connectivity index is 1.96. The molecule has 2 rings (SSSR count). The Labute approximate surface area is 135 Å². The Kier molecular flexibility index (Phi) is 6.09. The topological polar surface area (TPSA) is 79.3 Å². The van der Waals surface area contributed by atoms with Gasteiger partial charge >= 0.3 is 5.97 Å². The van der Waals surface area contributed by atoms with Crippen LogP contribution in [0.4, 0.5) is 0 Å². The molecule has 5 nitrogen and oxygen atoms in total. The number of carboxylic acid groups (broad SMARTS) is 1. The molecule has 1 heterocycles. The number of fused-ring (bicyclic) bond motifs is 1. The van der Waals surface area contributed by atoms with Crippen LogP contribution < -0.4 is 5.32 Å². The zero-order valence-corrected chi connectivity index (χ0v) is 13.3. The summed E-state index contributed by atoms with van der Waals surface area (Å²) in [5.41, 5.74) is 1.95. The maximum absolute atomic E-state index is 12.0. The number of amides is 1. The van der Waals surface area contributed by atoms with Crippen LogP contribution in [0.1, 0.15) is 38.2 Å². The van der Waals surface area contributed by atoms with Crippen molar-refractivity contribution in [1.82, 2.24) is 10.3 Å². The summed E-state index contributed by atoms with van der Waals surface area (Å²) in [6.07, 6.45) is 4.72. The van der Waals surface area contributed by atoms with Gasteiger partial charge in [0.05, 0.1) is 5.52 Å². The van der Waals surface area contributed by atoms with Gasteiger partial charge in [0.2, 0.25) is 5.91 Å². The molecule has 0 aliphatic carbocycles. The quantitative estimate of drug-likeness (QED) is 0.785. The highest BCUT2D eigenvalue weighted by atomic mass is 16.4. The molecule has 2 N–H and O–H groups in total. The molecule has 0 bridgehead atoms. The van der Waals surface area contributed by atoms with Crippen LogP contribution in [0.25, 0.3) is 10.9 Å². The molecule has 0 saturated heterocycles. The lowest BCUT2D eigenvalue weighted by molar-refractivity contribution is -0.142. The number of carbonyl (C=O) groups excluding carboxylic acids is 1. The summed E-state index contributed by atoms with van der Waals surface area (Å²) in [5, 5.41) is 12.8. The van der Waals surface area contributed by atoms with E-state index in [0.717, 1.165) is 29.3 Å². The number of aliphatic carboxylic acids is 1. The summed E-state index contributed by atoms with van der Waals surface area (Å²) >= 11 is 0. The molecular weight excluding hydrogens is 292 g/mol. The number of nitrogens with zero attached hydrogens (tertiary/aromatic N) is 1. The molecule has 0 radical (unpaired) electrons. The molecule has 1 amide bonds. The average molecular weight is 314 g/mol. The fourth-order valence-electron chi connectivity index (χ4n) is 2.55. The van der Waals surface area contributed by atoms with Crippen LogP contribution in [0.15, 0.2) is 36.5 Å². The highest BCUT2D eigenvalue weighted by Gasteiger charge is 2.19. The zero-order chi connectivity index (χ0) is 16.7. The van der Waals surface area contributed by atoms with Crippen LogP contribution in [-0.4, -0.2) is 28.0 Å². The molecule has 0 aliphatic heterocycles. The Morgan fingerprint density at radius 3 is 2.78 bits per heavy atom. The Bertz CT molecular complexity index is 680. The molecule has 1 atom stereocenters. The average Bonchev–Trinajstić information content (AvgIpc) is 2.56. The lowest BCUT2D eigenvalue weighted by atomic mass is 10.0. The Hall–Kier alpha value is -2.43. The van der Waals surface area contributed by atoms with E-state index in [0.29, 0.717) is 12.8 Å². The molecule has 23 heavy (non-hydrogen) atoms. The minimum Gasteiger partial charge on any atom is -0.480 e. The van der Waals surface area contributed by atoms with E-state index < -0.39 is 12.0 Å². The molecule has 122 valence electrons. The number of unbranched alkanes of at least 4 members (excludes halogenated alkanes) is 1. The second-order valence-electron chi connectivity index (χ2n) is 5.59. The van der Waals surface area contributed by atoms with Crippen LogP contribution in [-0.2, 0) is 16.0 Å². The van der Waals surface area contributed by atoms with E-state index in [2.05, 4.69) is 10.3 Å². The van der Waals surface area contributed by atoms with Gasteiger partial charge in [0.25, 0.3) is 0 Å². The van der Waals surface area contributed by atoms with Crippen LogP contribution in [0.3, 0.4) is 0 Å². The lowest BCUT2D eigenvalue weighted by Crippen LogP contribution is -2.40. The summed E-state index contributed by atoms with van der Waals surface area (Å²) in [6.45, 7) is 2.00. The van der Waals surface area contributed by atoms with Gasteiger partial charge < -0.3 is 10.4 Å². The van der Waals surface area contributed by atoms with Crippen LogP contribution in [0, 0.1) is 0 Å². The Morgan fingerprint density at radius 1 is 1.26 bits per heavy atom. The third-order valence-electron chi connectivity index (χ3n) is 3.84. The number of carboxylic acids is 1. The SMILES string of the molecule is CCCCC(NC(=O)CCc1ccnc2ccccc12)C(=O)O. The summed E-state index contributed by atoms with van der Waals surface area (Å²) in [4.78, 5) is 27.5. The fourth-order valence-corrected chi connectivity index (χ4v) is 2.55. The molecule has 1 unspecified atom stereocenters. The molecule has 2 aromatic rings. The normalized spacial score (nSPS) is 12.0. The van der Waals surface area contributed by atoms with Crippen molar-refractivity contribution in [2.45, 2.75) is 45.1 Å². The van der Waals surface area contributed by atoms with Crippen molar-refractivity contribution in [2.75, 3.05) is 0 Å². The monoisotopic (exact) mass is 314 g/mol. The highest BCUT2D eigenvalue weighted by Crippen LogP contribution is 2.17. The number of para-hydroxylation sites is 1. The number of nitrogens with one attached hydrogen (secondary N) is 1. The summed E-state index contributed by atoms with van der Waals surface area (Å²) in [5.74, 6) is -1.20. The van der Waals surface area contributed by atoms with Gasteiger partial charge in [-0.15, -0.1) is 0 Å². The predicted octanol–water partition coefficient (Wildman–Crippen LogP) is 2.93. The first-order valence-electron chi connectivity index (χ1n) is 7.96. The maximum atomic E-state index is 12.0. The van der Waals surface area contributed by atoms with E-state index in [-0.39, 0.29) is 12.3 Å². The first kappa shape index (κ1) is 16.9. The first-order chi connectivity index (χ1) is 11.1. The van der Waals surface area contributed by atoms with E-state index in [1.54, 1.807) is 6.20 Å². The third kappa shape index (κ3) is 4.77. The van der Waals surface area contributed by atoms with E-state index in [1.165, 1.54) is 0 Å². The van der Waals surface area contributed by atoms with Gasteiger partial charge in [-0.25, -0.2) is 4.79 Å². The van der Waals surface area contributed by atoms with Crippen molar-refractivity contribution in [1.29, 1.82) is 0 Å². The molecular formula is C18H22N2O3. The minimum atomic E-state index is -0.971. The number of benzene rings is 1. The minimum absolute atomic E-state index is 0.227. The standard InChI is InChI=1S/C18H22N2O3/c1-2-3-7-16(18(22)23)20-17(21)10-9-13-11-12-19-15-8-5-4-6-14(13)15/h4-6,8,11-12,16H,2-3,7,9-10H2,1H3,(H,20,21)(H,22,23). The molecule has 0 fully saturated rings. The maximum Gasteiger partial charge on any atom is 0.326 e. The van der Waals surface area contributed by atoms with E-state index in [1.807, 2.05) is 37.3 Å². The van der Waals surface area contributed by atoms with E-state index in [4.69, 9.17) is 5.11 Å². The summed E-state index contributed by atoms with van der Waals surface area (Å²) < 4.78 is 0. The third-order valence-corrected chi connectivity index (χ3v) is 3.84. The van der Waals surface area contributed by atoms with Crippen molar-refractivity contribution in [3.8, 4) is 0 Å². The number of rotatable bonds is 8. The smallest absolute Gasteiger partial charge is 0.326 e. The number of carbonyl (C=O) groups is 2. The zero-order valence-electron chi connectivity index (χ0n) is 13.3. The van der Waals surface area contributed by atoms with Gasteiger partial charge in [0, 0.05) is 18.0 Å². The van der Waals surface area contributed by atoms with Crippen LogP contribution in [0.2, 0.25) is 0 Å². The van der Waals surface area contributed by atoms with Gasteiger partial charge in [-0.05, 0) is 30.5 Å². The predicted molar refractivity (Wildman–Crippen MR) is 89.2 cm³/mol. The second-order valence-corrected chi connectivity index (χ2v) is 5.59. The number of hydrogen-bond donors (Lipinski definition) is 2. The van der Waals surface area contributed by atoms with Crippen molar-refractivity contribution in [3.05, 3.63) is 42.1 Å². The molecule has 1 aromatic carbocycles. The second kappa shape index (κ2) is 8.27. The summed E-state index contributed by atoms with van der Waals surface area (Å²) in [6, 6.07) is 8.90. The molecule has 1 aromatic heterocycles.